The van der Waals surface area contributed by atoms with Crippen LogP contribution in [0.15, 0.2) is 18.2 Å². The molecule has 3 aliphatic rings. The summed E-state index contributed by atoms with van der Waals surface area (Å²) in [7, 11) is 0. The lowest BCUT2D eigenvalue weighted by Crippen LogP contribution is -2.47. The number of ether oxygens (including phenoxy) is 2. The molecule has 0 radical (unpaired) electrons. The van der Waals surface area contributed by atoms with Crippen molar-refractivity contribution in [3.63, 3.8) is 0 Å². The average Bonchev–Trinajstić information content (AvgIpc) is 3.30. The molecule has 0 spiro atoms. The number of fused-ring (bicyclic) bond motifs is 1. The van der Waals surface area contributed by atoms with Crippen LogP contribution in [0.1, 0.15) is 12.5 Å². The van der Waals surface area contributed by atoms with Crippen LogP contribution in [0.25, 0.3) is 0 Å². The van der Waals surface area contributed by atoms with Gasteiger partial charge >= 0.3 is 12.1 Å². The summed E-state index contributed by atoms with van der Waals surface area (Å²) in [6.45, 7) is 1.84. The highest BCUT2D eigenvalue weighted by atomic mass is 16.7. The summed E-state index contributed by atoms with van der Waals surface area (Å²) in [5.41, 5.74) is -0.416. The highest BCUT2D eigenvalue weighted by Gasteiger charge is 2.49. The van der Waals surface area contributed by atoms with E-state index < -0.39 is 36.0 Å². The molecule has 3 heterocycles. The summed E-state index contributed by atoms with van der Waals surface area (Å²) < 4.78 is 10.6. The largest absolute Gasteiger partial charge is 0.454 e. The molecular formula is C17H18N4O6. The summed E-state index contributed by atoms with van der Waals surface area (Å²) in [5, 5.41) is 5.15. The predicted octanol–water partition coefficient (Wildman–Crippen LogP) is -0.180. The van der Waals surface area contributed by atoms with Crippen LogP contribution in [0.2, 0.25) is 0 Å². The fraction of sp³-hybridized carbons (Fsp3) is 0.412. The van der Waals surface area contributed by atoms with Crippen molar-refractivity contribution in [3.05, 3.63) is 23.8 Å². The molecule has 27 heavy (non-hydrogen) atoms. The van der Waals surface area contributed by atoms with Gasteiger partial charge in [-0.25, -0.2) is 9.59 Å². The number of nitrogens with zero attached hydrogens (tertiary/aromatic N) is 2. The Labute approximate surface area is 154 Å². The second-order valence-corrected chi connectivity index (χ2v) is 6.80. The Balaban J connectivity index is 1.48. The Bertz CT molecular complexity index is 856. The molecule has 142 valence electrons. The first-order valence-corrected chi connectivity index (χ1v) is 8.48. The van der Waals surface area contributed by atoms with Gasteiger partial charge in [0.1, 0.15) is 12.1 Å². The van der Waals surface area contributed by atoms with Crippen molar-refractivity contribution in [2.75, 3.05) is 26.4 Å². The van der Waals surface area contributed by atoms with Crippen molar-refractivity contribution >= 4 is 23.9 Å². The first-order chi connectivity index (χ1) is 12.9. The number of rotatable bonds is 4. The van der Waals surface area contributed by atoms with Crippen LogP contribution >= 0.6 is 0 Å². The van der Waals surface area contributed by atoms with Crippen molar-refractivity contribution in [2.45, 2.75) is 18.9 Å². The molecular weight excluding hydrogens is 356 g/mol. The van der Waals surface area contributed by atoms with E-state index in [0.29, 0.717) is 18.0 Å². The number of hydrogen-bond acceptors (Lipinski definition) is 6. The fourth-order valence-corrected chi connectivity index (χ4v) is 3.40. The topological polar surface area (TPSA) is 117 Å². The van der Waals surface area contributed by atoms with Gasteiger partial charge in [0, 0.05) is 19.5 Å². The van der Waals surface area contributed by atoms with Crippen molar-refractivity contribution in [2.24, 2.45) is 0 Å². The third-order valence-corrected chi connectivity index (χ3v) is 4.79. The molecule has 6 amide bonds. The zero-order valence-corrected chi connectivity index (χ0v) is 14.6. The Kier molecular flexibility index (Phi) is 3.90. The van der Waals surface area contributed by atoms with Crippen molar-refractivity contribution in [1.29, 1.82) is 0 Å². The highest BCUT2D eigenvalue weighted by Crippen LogP contribution is 2.34. The van der Waals surface area contributed by atoms with Crippen LogP contribution in [0.5, 0.6) is 11.5 Å². The van der Waals surface area contributed by atoms with Crippen molar-refractivity contribution < 1.29 is 28.7 Å². The molecule has 1 atom stereocenters. The molecule has 2 N–H and O–H groups in total. The first kappa shape index (κ1) is 17.1. The van der Waals surface area contributed by atoms with E-state index in [1.807, 2.05) is 0 Å². The zero-order valence-electron chi connectivity index (χ0n) is 14.6. The van der Waals surface area contributed by atoms with Crippen LogP contribution in [0, 0.1) is 0 Å². The van der Waals surface area contributed by atoms with Crippen molar-refractivity contribution in [3.8, 4) is 11.5 Å². The highest BCUT2D eigenvalue weighted by molar-refractivity contribution is 6.10. The van der Waals surface area contributed by atoms with Gasteiger partial charge < -0.3 is 20.1 Å². The summed E-state index contributed by atoms with van der Waals surface area (Å²) in [5.74, 6) is 0.0979. The standard InChI is InChI=1S/C17H18N4O6/c1-17(7-10-2-3-11-12(6-10)27-9-26-11)14(23)21(16(25)19-17)8-13(22)20-5-4-18-15(20)24/h2-3,6H,4-5,7-9H2,1H3,(H,18,24)(H,19,25)/t17-/m1/s1. The molecule has 3 aliphatic heterocycles. The molecule has 1 aromatic rings. The van der Waals surface area contributed by atoms with Crippen LogP contribution in [-0.4, -0.2) is 65.6 Å². The van der Waals surface area contributed by atoms with E-state index in [-0.39, 0.29) is 19.8 Å². The van der Waals surface area contributed by atoms with Crippen LogP contribution in [-0.2, 0) is 16.0 Å². The summed E-state index contributed by atoms with van der Waals surface area (Å²) >= 11 is 0. The number of benzene rings is 1. The molecule has 0 unspecified atom stereocenters. The smallest absolute Gasteiger partial charge is 0.325 e. The normalized spacial score (nSPS) is 23.7. The molecule has 0 saturated carbocycles. The molecule has 10 nitrogen and oxygen atoms in total. The number of hydrogen-bond donors (Lipinski definition) is 2. The third kappa shape index (κ3) is 2.92. The lowest BCUT2D eigenvalue weighted by molar-refractivity contribution is -0.137. The number of carbonyl (C=O) groups excluding carboxylic acids is 4. The summed E-state index contributed by atoms with van der Waals surface area (Å²) in [4.78, 5) is 50.8. The third-order valence-electron chi connectivity index (χ3n) is 4.79. The molecule has 1 aromatic carbocycles. The molecule has 2 saturated heterocycles. The minimum absolute atomic E-state index is 0.145. The molecule has 0 bridgehead atoms. The Morgan fingerprint density at radius 2 is 1.96 bits per heavy atom. The lowest BCUT2D eigenvalue weighted by Gasteiger charge is -2.22. The molecule has 2 fully saturated rings. The minimum atomic E-state index is -1.20. The predicted molar refractivity (Wildman–Crippen MR) is 90.0 cm³/mol. The average molecular weight is 374 g/mol. The van der Waals surface area contributed by atoms with Gasteiger partial charge in [-0.1, -0.05) is 6.07 Å². The first-order valence-electron chi connectivity index (χ1n) is 8.48. The number of amides is 6. The van der Waals surface area contributed by atoms with Crippen LogP contribution < -0.4 is 20.1 Å². The van der Waals surface area contributed by atoms with Crippen molar-refractivity contribution in [1.82, 2.24) is 20.4 Å². The maximum absolute atomic E-state index is 12.8. The second-order valence-electron chi connectivity index (χ2n) is 6.80. The van der Waals surface area contributed by atoms with Gasteiger partial charge in [0.2, 0.25) is 6.79 Å². The number of imide groups is 2. The maximum atomic E-state index is 12.8. The van der Waals surface area contributed by atoms with E-state index in [1.54, 1.807) is 25.1 Å². The van der Waals surface area contributed by atoms with Gasteiger partial charge in [-0.15, -0.1) is 0 Å². The zero-order chi connectivity index (χ0) is 19.2. The van der Waals surface area contributed by atoms with E-state index in [9.17, 15) is 19.2 Å². The van der Waals surface area contributed by atoms with E-state index in [0.717, 1.165) is 15.4 Å². The van der Waals surface area contributed by atoms with E-state index >= 15 is 0 Å². The molecule has 4 rings (SSSR count). The lowest BCUT2D eigenvalue weighted by atomic mass is 9.92. The fourth-order valence-electron chi connectivity index (χ4n) is 3.40. The van der Waals surface area contributed by atoms with Crippen LogP contribution in [0.3, 0.4) is 0 Å². The molecule has 10 heteroatoms. The molecule has 0 aliphatic carbocycles. The Morgan fingerprint density at radius 3 is 2.70 bits per heavy atom. The van der Waals surface area contributed by atoms with Crippen LogP contribution in [0.4, 0.5) is 9.59 Å². The van der Waals surface area contributed by atoms with Gasteiger partial charge in [0.25, 0.3) is 11.8 Å². The second kappa shape index (κ2) is 6.15. The monoisotopic (exact) mass is 374 g/mol. The van der Waals surface area contributed by atoms with E-state index in [4.69, 9.17) is 9.47 Å². The van der Waals surface area contributed by atoms with E-state index in [1.165, 1.54) is 0 Å². The maximum Gasteiger partial charge on any atom is 0.325 e. The minimum Gasteiger partial charge on any atom is -0.454 e. The van der Waals surface area contributed by atoms with Gasteiger partial charge in [-0.3, -0.25) is 19.4 Å². The number of carbonyl (C=O) groups is 4. The quantitative estimate of drug-likeness (QED) is 0.706. The number of urea groups is 2. The molecule has 0 aromatic heterocycles. The van der Waals surface area contributed by atoms with Gasteiger partial charge in [0.05, 0.1) is 0 Å². The Morgan fingerprint density at radius 1 is 1.19 bits per heavy atom. The van der Waals surface area contributed by atoms with Gasteiger partial charge in [-0.2, -0.15) is 0 Å². The summed E-state index contributed by atoms with van der Waals surface area (Å²) in [6.07, 6.45) is 0.225. The van der Waals surface area contributed by atoms with E-state index in [2.05, 4.69) is 10.6 Å². The van der Waals surface area contributed by atoms with Gasteiger partial charge in [-0.05, 0) is 24.6 Å². The Hall–Kier alpha value is -3.30. The van der Waals surface area contributed by atoms with Gasteiger partial charge in [0.15, 0.2) is 11.5 Å². The summed E-state index contributed by atoms with van der Waals surface area (Å²) in [6, 6.07) is 4.12. The number of nitrogens with one attached hydrogen (secondary N) is 2. The SMILES string of the molecule is C[C@]1(Cc2ccc3c(c2)OCO3)NC(=O)N(CC(=O)N2CCNC2=O)C1=O.